The van der Waals surface area contributed by atoms with Crippen molar-refractivity contribution in [3.05, 3.63) is 0 Å². The van der Waals surface area contributed by atoms with Gasteiger partial charge in [-0.3, -0.25) is 0 Å². The summed E-state index contributed by atoms with van der Waals surface area (Å²) in [5.41, 5.74) is 0. The fraction of sp³-hybridized carbons (Fsp3) is 1.00. The third kappa shape index (κ3) is 1.01. The van der Waals surface area contributed by atoms with Gasteiger partial charge in [0.15, 0.2) is 0 Å². The Labute approximate surface area is 49.2 Å². The van der Waals surface area contributed by atoms with Crippen LogP contribution < -0.4 is 0 Å². The molecule has 1 atom stereocenters. The summed E-state index contributed by atoms with van der Waals surface area (Å²) in [5.74, 6) is 1.33. The average Bonchev–Trinajstić information content (AvgIpc) is 1.61. The number of hydrogen-bond acceptors (Lipinski definition) is 2. The molecule has 0 saturated carbocycles. The highest BCUT2D eigenvalue weighted by Gasteiger charge is 2.36. The van der Waals surface area contributed by atoms with E-state index in [1.165, 1.54) is 11.8 Å². The molecule has 7 heavy (non-hydrogen) atoms. The number of rotatable bonds is 1. The Hall–Kier alpha value is 0.527. The molecule has 0 spiro atoms. The maximum Gasteiger partial charge on any atom is 0.251 e. The van der Waals surface area contributed by atoms with Gasteiger partial charge in [0.25, 0.3) is 7.47 Å². The van der Waals surface area contributed by atoms with Crippen LogP contribution in [-0.2, 0) is 4.43 Å². The molecular weight excluding hydrogens is 124 g/mol. The summed E-state index contributed by atoms with van der Waals surface area (Å²) in [7, 11) is 0.778. The van der Waals surface area contributed by atoms with E-state index in [0.717, 1.165) is 0 Å². The quantitative estimate of drug-likeness (QED) is 0.502. The van der Waals surface area contributed by atoms with Crippen molar-refractivity contribution in [1.29, 1.82) is 0 Å². The van der Waals surface area contributed by atoms with E-state index in [1.807, 2.05) is 18.3 Å². The predicted molar refractivity (Wildman–Crippen MR) is 35.9 cm³/mol. The van der Waals surface area contributed by atoms with Crippen LogP contribution in [0.5, 0.6) is 0 Å². The Bertz CT molecular complexity index is 66.6. The van der Waals surface area contributed by atoms with Gasteiger partial charge >= 0.3 is 0 Å². The monoisotopic (exact) mass is 134 g/mol. The average molecular weight is 134 g/mol. The summed E-state index contributed by atoms with van der Waals surface area (Å²) in [5, 5.41) is 0. The molecule has 0 aromatic rings. The van der Waals surface area contributed by atoms with Crippen LogP contribution in [0.3, 0.4) is 0 Å². The van der Waals surface area contributed by atoms with Gasteiger partial charge in [-0.25, -0.2) is 0 Å². The van der Waals surface area contributed by atoms with Gasteiger partial charge < -0.3 is 4.43 Å². The minimum Gasteiger partial charge on any atom is -0.410 e. The van der Waals surface area contributed by atoms with Crippen molar-refractivity contribution in [1.82, 2.24) is 0 Å². The molecular formula is C4H10OSSi. The van der Waals surface area contributed by atoms with Crippen molar-refractivity contribution in [3.63, 3.8) is 0 Å². The third-order valence-electron chi connectivity index (χ3n) is 1.40. The SMILES string of the molecule is CO[Si]1(C)CCS1. The van der Waals surface area contributed by atoms with Gasteiger partial charge in [0.1, 0.15) is 0 Å². The molecule has 3 heteroatoms. The lowest BCUT2D eigenvalue weighted by Gasteiger charge is -2.32. The van der Waals surface area contributed by atoms with E-state index in [9.17, 15) is 0 Å². The van der Waals surface area contributed by atoms with Crippen LogP contribution in [-0.4, -0.2) is 20.3 Å². The lowest BCUT2D eigenvalue weighted by Crippen LogP contribution is -2.38. The molecule has 1 aliphatic heterocycles. The maximum atomic E-state index is 5.28. The van der Waals surface area contributed by atoms with Crippen LogP contribution >= 0.6 is 11.2 Å². The summed E-state index contributed by atoms with van der Waals surface area (Å²) in [4.78, 5) is 0. The molecule has 1 fully saturated rings. The summed E-state index contributed by atoms with van der Waals surface area (Å²) < 4.78 is 5.28. The van der Waals surface area contributed by atoms with Crippen molar-refractivity contribution in [2.45, 2.75) is 12.6 Å². The first-order valence-electron chi connectivity index (χ1n) is 2.46. The van der Waals surface area contributed by atoms with Crippen molar-refractivity contribution < 1.29 is 4.43 Å². The van der Waals surface area contributed by atoms with Gasteiger partial charge in [0, 0.05) is 7.11 Å². The van der Waals surface area contributed by atoms with Gasteiger partial charge in [0.05, 0.1) is 0 Å². The zero-order valence-corrected chi connectivity index (χ0v) is 6.55. The predicted octanol–water partition coefficient (Wildman–Crippen LogP) is 1.45. The molecule has 1 saturated heterocycles. The molecule has 0 N–H and O–H groups in total. The highest BCUT2D eigenvalue weighted by molar-refractivity contribution is 8.30. The van der Waals surface area contributed by atoms with Gasteiger partial charge in [-0.1, -0.05) is 0 Å². The second-order valence-electron chi connectivity index (χ2n) is 1.94. The van der Waals surface area contributed by atoms with Gasteiger partial charge in [-0.2, -0.15) is 11.2 Å². The Morgan fingerprint density at radius 3 is 2.29 bits per heavy atom. The van der Waals surface area contributed by atoms with Crippen molar-refractivity contribution in [2.24, 2.45) is 0 Å². The van der Waals surface area contributed by atoms with E-state index in [2.05, 4.69) is 6.55 Å². The molecule has 42 valence electrons. The molecule has 0 amide bonds. The Morgan fingerprint density at radius 2 is 2.29 bits per heavy atom. The van der Waals surface area contributed by atoms with Crippen molar-refractivity contribution >= 4 is 18.7 Å². The van der Waals surface area contributed by atoms with Gasteiger partial charge in [-0.15, -0.1) is 0 Å². The molecule has 1 nitrogen and oxygen atoms in total. The van der Waals surface area contributed by atoms with Gasteiger partial charge in [0.2, 0.25) is 0 Å². The van der Waals surface area contributed by atoms with Gasteiger partial charge in [-0.05, 0) is 18.3 Å². The fourth-order valence-corrected chi connectivity index (χ4v) is 4.34. The molecule has 1 heterocycles. The minimum atomic E-state index is -1.05. The summed E-state index contributed by atoms with van der Waals surface area (Å²) >= 11 is 2.02. The van der Waals surface area contributed by atoms with Crippen LogP contribution in [0.25, 0.3) is 0 Å². The molecule has 1 unspecified atom stereocenters. The van der Waals surface area contributed by atoms with E-state index in [1.54, 1.807) is 0 Å². The lowest BCUT2D eigenvalue weighted by molar-refractivity contribution is 0.416. The lowest BCUT2D eigenvalue weighted by atomic mass is 11.0. The molecule has 0 aromatic heterocycles. The maximum absolute atomic E-state index is 5.28. The summed E-state index contributed by atoms with van der Waals surface area (Å²) in [6, 6.07) is 1.36. The second kappa shape index (κ2) is 1.80. The molecule has 0 bridgehead atoms. The zero-order valence-electron chi connectivity index (χ0n) is 4.73. The second-order valence-corrected chi connectivity index (χ2v) is 9.27. The molecule has 0 aliphatic carbocycles. The van der Waals surface area contributed by atoms with Crippen LogP contribution in [0.4, 0.5) is 0 Å². The summed E-state index contributed by atoms with van der Waals surface area (Å²) in [6.45, 7) is 2.27. The Balaban J connectivity index is 2.29. The fourth-order valence-electron chi connectivity index (χ4n) is 0.551. The van der Waals surface area contributed by atoms with Crippen LogP contribution in [0, 0.1) is 0 Å². The normalized spacial score (nSPS) is 40.3. The van der Waals surface area contributed by atoms with Crippen LogP contribution in [0.15, 0.2) is 0 Å². The Morgan fingerprint density at radius 1 is 1.71 bits per heavy atom. The standard InChI is InChI=1S/C4H10OSSi/c1-5-7(2)4-3-6-7/h3-4H2,1-2H3. The zero-order chi connectivity index (χ0) is 5.33. The molecule has 1 aliphatic rings. The summed E-state index contributed by atoms with van der Waals surface area (Å²) in [6.07, 6.45) is 0. The molecule has 0 radical (unpaired) electrons. The highest BCUT2D eigenvalue weighted by Crippen LogP contribution is 2.36. The molecule has 1 rings (SSSR count). The molecule has 0 aromatic carbocycles. The van der Waals surface area contributed by atoms with Crippen LogP contribution in [0.1, 0.15) is 0 Å². The van der Waals surface area contributed by atoms with E-state index in [4.69, 9.17) is 4.43 Å². The first-order chi connectivity index (χ1) is 3.27. The van der Waals surface area contributed by atoms with E-state index in [0.29, 0.717) is 0 Å². The number of hydrogen-bond donors (Lipinski definition) is 0. The topological polar surface area (TPSA) is 9.23 Å². The van der Waals surface area contributed by atoms with E-state index >= 15 is 0 Å². The third-order valence-corrected chi connectivity index (χ3v) is 8.36. The smallest absolute Gasteiger partial charge is 0.251 e. The first-order valence-corrected chi connectivity index (χ1v) is 6.78. The van der Waals surface area contributed by atoms with E-state index < -0.39 is 7.47 Å². The minimum absolute atomic E-state index is 1.05. The van der Waals surface area contributed by atoms with E-state index in [-0.39, 0.29) is 0 Å². The van der Waals surface area contributed by atoms with Crippen LogP contribution in [0.2, 0.25) is 12.6 Å². The van der Waals surface area contributed by atoms with Crippen molar-refractivity contribution in [3.8, 4) is 0 Å². The van der Waals surface area contributed by atoms with Crippen molar-refractivity contribution in [2.75, 3.05) is 12.9 Å². The largest absolute Gasteiger partial charge is 0.410 e. The highest BCUT2D eigenvalue weighted by atomic mass is 32.4. The Kier molecular flexibility index (Phi) is 1.45. The first kappa shape index (κ1) is 5.66.